The Morgan fingerprint density at radius 1 is 1.06 bits per heavy atom. The highest BCUT2D eigenvalue weighted by Crippen LogP contribution is 2.34. The van der Waals surface area contributed by atoms with Crippen molar-refractivity contribution in [2.75, 3.05) is 0 Å². The maximum Gasteiger partial charge on any atom is 0.329 e. The first-order chi connectivity index (χ1) is 7.75. The molecule has 0 spiro atoms. The van der Waals surface area contributed by atoms with Gasteiger partial charge in [0.05, 0.1) is 6.42 Å². The van der Waals surface area contributed by atoms with Crippen LogP contribution in [-0.4, -0.2) is 5.78 Å². The molecule has 1 heteroatoms. The number of hydrogen-bond donors (Lipinski definition) is 0. The standard InChI is InChI=1S/C15H23O/c1-12(2)16-15-10-8-14(9-11-15)13-6-4-3-5-7-13/h8,10,13H,3-7,9,11H2,1-2H3/q+1. The van der Waals surface area contributed by atoms with E-state index in [1.54, 1.807) is 5.57 Å². The first kappa shape index (κ1) is 11.6. The van der Waals surface area contributed by atoms with Crippen LogP contribution in [0.15, 0.2) is 23.5 Å². The zero-order valence-electron chi connectivity index (χ0n) is 10.6. The fourth-order valence-corrected chi connectivity index (χ4v) is 2.80. The highest BCUT2D eigenvalue weighted by atomic mass is 16.4. The van der Waals surface area contributed by atoms with Gasteiger partial charge in [-0.15, -0.1) is 0 Å². The maximum atomic E-state index is 5.66. The van der Waals surface area contributed by atoms with Gasteiger partial charge in [0.2, 0.25) is 0 Å². The molecule has 0 heterocycles. The minimum atomic E-state index is 0.873. The Morgan fingerprint density at radius 3 is 2.38 bits per heavy atom. The Labute approximate surface area is 98.9 Å². The van der Waals surface area contributed by atoms with Crippen molar-refractivity contribution in [2.24, 2.45) is 5.92 Å². The minimum Gasteiger partial charge on any atom is -0.223 e. The second-order valence-corrected chi connectivity index (χ2v) is 5.22. The zero-order chi connectivity index (χ0) is 11.4. The van der Waals surface area contributed by atoms with Gasteiger partial charge in [0.1, 0.15) is 0 Å². The summed E-state index contributed by atoms with van der Waals surface area (Å²) in [5.74, 6) is 3.05. The molecule has 1 fully saturated rings. The van der Waals surface area contributed by atoms with Crippen LogP contribution in [0.25, 0.3) is 0 Å². The monoisotopic (exact) mass is 219 g/mol. The van der Waals surface area contributed by atoms with Gasteiger partial charge in [0, 0.05) is 19.9 Å². The zero-order valence-corrected chi connectivity index (χ0v) is 10.6. The van der Waals surface area contributed by atoms with Crippen molar-refractivity contribution in [1.29, 1.82) is 0 Å². The molecule has 0 aliphatic heterocycles. The van der Waals surface area contributed by atoms with Gasteiger partial charge in [-0.3, -0.25) is 0 Å². The average molecular weight is 219 g/mol. The van der Waals surface area contributed by atoms with Crippen molar-refractivity contribution in [1.82, 2.24) is 0 Å². The topological polar surface area (TPSA) is 11.3 Å². The first-order valence-electron chi connectivity index (χ1n) is 6.63. The summed E-state index contributed by atoms with van der Waals surface area (Å²) in [5.41, 5.74) is 1.67. The Bertz CT molecular complexity index is 323. The Hall–Kier alpha value is -0.850. The van der Waals surface area contributed by atoms with Crippen LogP contribution in [0.3, 0.4) is 0 Å². The maximum absolute atomic E-state index is 5.66. The van der Waals surface area contributed by atoms with Crippen molar-refractivity contribution in [3.63, 3.8) is 0 Å². The molecular weight excluding hydrogens is 196 g/mol. The highest BCUT2D eigenvalue weighted by molar-refractivity contribution is 5.73. The summed E-state index contributed by atoms with van der Waals surface area (Å²) in [7, 11) is 0. The van der Waals surface area contributed by atoms with E-state index in [1.165, 1.54) is 38.5 Å². The SMILES string of the molecule is CC(C)=[O+]C1=CC=C(C2CCCCC2)CC1. The predicted molar refractivity (Wildman–Crippen MR) is 68.3 cm³/mol. The lowest BCUT2D eigenvalue weighted by Gasteiger charge is -2.24. The third kappa shape index (κ3) is 3.07. The summed E-state index contributed by atoms with van der Waals surface area (Å²) in [5, 5.41) is 0. The van der Waals surface area contributed by atoms with Crippen LogP contribution in [0.5, 0.6) is 0 Å². The molecule has 2 aliphatic carbocycles. The lowest BCUT2D eigenvalue weighted by molar-refractivity contribution is -0.402. The van der Waals surface area contributed by atoms with E-state index in [1.807, 2.05) is 13.8 Å². The van der Waals surface area contributed by atoms with Crippen LogP contribution < -0.4 is 0 Å². The Kier molecular flexibility index (Phi) is 3.98. The first-order valence-corrected chi connectivity index (χ1v) is 6.63. The van der Waals surface area contributed by atoms with E-state index in [9.17, 15) is 0 Å². The molecule has 0 radical (unpaired) electrons. The third-order valence-corrected chi connectivity index (χ3v) is 3.61. The average Bonchev–Trinajstić information content (AvgIpc) is 2.30. The number of rotatable bonds is 2. The van der Waals surface area contributed by atoms with Crippen LogP contribution >= 0.6 is 0 Å². The van der Waals surface area contributed by atoms with Crippen LogP contribution in [0.4, 0.5) is 0 Å². The Balaban J connectivity index is 2.00. The quantitative estimate of drug-likeness (QED) is 0.613. The van der Waals surface area contributed by atoms with E-state index in [0.29, 0.717) is 0 Å². The van der Waals surface area contributed by atoms with Crippen molar-refractivity contribution < 1.29 is 4.42 Å². The van der Waals surface area contributed by atoms with E-state index in [2.05, 4.69) is 12.2 Å². The molecule has 1 nitrogen and oxygen atoms in total. The van der Waals surface area contributed by atoms with Gasteiger partial charge < -0.3 is 0 Å². The molecule has 0 saturated heterocycles. The summed E-state index contributed by atoms with van der Waals surface area (Å²) in [4.78, 5) is 0. The second-order valence-electron chi connectivity index (χ2n) is 5.22. The van der Waals surface area contributed by atoms with Gasteiger partial charge in [-0.05, 0) is 25.2 Å². The summed E-state index contributed by atoms with van der Waals surface area (Å²) >= 11 is 0. The molecule has 1 saturated carbocycles. The van der Waals surface area contributed by atoms with Crippen LogP contribution in [-0.2, 0) is 4.42 Å². The van der Waals surface area contributed by atoms with Crippen molar-refractivity contribution in [2.45, 2.75) is 58.8 Å². The summed E-state index contributed by atoms with van der Waals surface area (Å²) in [6.45, 7) is 4.03. The van der Waals surface area contributed by atoms with E-state index < -0.39 is 0 Å². The lowest BCUT2D eigenvalue weighted by Crippen LogP contribution is -2.11. The predicted octanol–water partition coefficient (Wildman–Crippen LogP) is 4.32. The van der Waals surface area contributed by atoms with Crippen molar-refractivity contribution in [3.8, 4) is 0 Å². The van der Waals surface area contributed by atoms with E-state index in [-0.39, 0.29) is 0 Å². The third-order valence-electron chi connectivity index (χ3n) is 3.61. The van der Waals surface area contributed by atoms with Crippen molar-refractivity contribution >= 4 is 5.78 Å². The number of ketones is 1. The minimum absolute atomic E-state index is 0.873. The molecule has 2 rings (SSSR count). The lowest BCUT2D eigenvalue weighted by atomic mass is 9.81. The number of carbonyl (C=O) groups excluding carboxylic acids is 1. The summed E-state index contributed by atoms with van der Waals surface area (Å²) in [6, 6.07) is 0. The molecule has 0 bridgehead atoms. The van der Waals surface area contributed by atoms with E-state index in [0.717, 1.165) is 23.9 Å². The van der Waals surface area contributed by atoms with Gasteiger partial charge in [-0.1, -0.05) is 30.9 Å². The molecule has 2 aliphatic rings. The van der Waals surface area contributed by atoms with E-state index >= 15 is 0 Å². The molecule has 0 aromatic rings. The Morgan fingerprint density at radius 2 is 1.81 bits per heavy atom. The fourth-order valence-electron chi connectivity index (χ4n) is 2.80. The molecule has 0 atom stereocenters. The molecule has 0 unspecified atom stereocenters. The molecule has 0 N–H and O–H groups in total. The summed E-state index contributed by atoms with van der Waals surface area (Å²) in [6.07, 6.45) is 13.9. The van der Waals surface area contributed by atoms with Gasteiger partial charge >= 0.3 is 5.76 Å². The normalized spacial score (nSPS) is 22.4. The second kappa shape index (κ2) is 5.47. The van der Waals surface area contributed by atoms with Crippen LogP contribution in [0.1, 0.15) is 58.8 Å². The smallest absolute Gasteiger partial charge is 0.223 e. The van der Waals surface area contributed by atoms with Gasteiger partial charge in [0.15, 0.2) is 0 Å². The highest BCUT2D eigenvalue weighted by Gasteiger charge is 2.22. The molecule has 88 valence electrons. The van der Waals surface area contributed by atoms with Crippen molar-refractivity contribution in [3.05, 3.63) is 23.5 Å². The van der Waals surface area contributed by atoms with E-state index in [4.69, 9.17) is 4.42 Å². The van der Waals surface area contributed by atoms with Gasteiger partial charge in [-0.25, -0.2) is 4.42 Å². The van der Waals surface area contributed by atoms with Crippen LogP contribution in [0, 0.1) is 5.92 Å². The number of hydrogen-bond acceptors (Lipinski definition) is 0. The molecule has 0 aromatic heterocycles. The molecule has 0 amide bonds. The fraction of sp³-hybridized carbons (Fsp3) is 0.667. The summed E-state index contributed by atoms with van der Waals surface area (Å²) < 4.78 is 5.66. The molecule has 16 heavy (non-hydrogen) atoms. The number of allylic oxidation sites excluding steroid dienone is 4. The van der Waals surface area contributed by atoms with Crippen LogP contribution in [0.2, 0.25) is 0 Å². The molecule has 0 aromatic carbocycles. The largest absolute Gasteiger partial charge is 0.329 e. The molecular formula is C15H23O+. The van der Waals surface area contributed by atoms with Gasteiger partial charge in [-0.2, -0.15) is 0 Å². The van der Waals surface area contributed by atoms with Gasteiger partial charge in [0.25, 0.3) is 5.78 Å².